The monoisotopic (exact) mass is 336 g/mol. The van der Waals surface area contributed by atoms with Gasteiger partial charge in [0.1, 0.15) is 0 Å². The van der Waals surface area contributed by atoms with Crippen LogP contribution in [-0.4, -0.2) is 41.8 Å². The van der Waals surface area contributed by atoms with Gasteiger partial charge in [-0.1, -0.05) is 12.1 Å². The molecule has 2 N–H and O–H groups in total. The maximum absolute atomic E-state index is 13.1. The second-order valence-corrected chi connectivity index (χ2v) is 6.11. The van der Waals surface area contributed by atoms with Crippen LogP contribution < -0.4 is 10.6 Å². The summed E-state index contributed by atoms with van der Waals surface area (Å²) < 4.78 is 7.53. The van der Waals surface area contributed by atoms with Gasteiger partial charge in [0.25, 0.3) is 0 Å². The number of para-hydroxylation sites is 2. The molecule has 1 aromatic heterocycles. The summed E-state index contributed by atoms with van der Waals surface area (Å²) in [6, 6.07) is 8.00. The lowest BCUT2D eigenvalue weighted by molar-refractivity contribution is -0.133. The average molecular weight is 337 g/mol. The summed E-state index contributed by atoms with van der Waals surface area (Å²) in [5.74, 6) is 0.859. The number of nitrogens with zero attached hydrogens (tertiary/aromatic N) is 3. The minimum Gasteiger partial charge on any atom is -0.381 e. The van der Waals surface area contributed by atoms with Gasteiger partial charge >= 0.3 is 0 Å². The molecule has 124 valence electrons. The summed E-state index contributed by atoms with van der Waals surface area (Å²) in [6.45, 7) is 3.04. The molecule has 0 unspecified atom stereocenters. The van der Waals surface area contributed by atoms with E-state index in [2.05, 4.69) is 9.55 Å². The van der Waals surface area contributed by atoms with Crippen molar-refractivity contribution in [1.29, 1.82) is 0 Å². The third-order valence-corrected chi connectivity index (χ3v) is 4.96. The molecule has 7 heteroatoms. The summed E-state index contributed by atoms with van der Waals surface area (Å²) >= 11 is 0. The van der Waals surface area contributed by atoms with Crippen LogP contribution in [0.4, 0.5) is 5.95 Å². The van der Waals surface area contributed by atoms with E-state index in [9.17, 15) is 4.79 Å². The third kappa shape index (κ3) is 2.41. The third-order valence-electron chi connectivity index (χ3n) is 4.96. The minimum absolute atomic E-state index is 0. The van der Waals surface area contributed by atoms with E-state index in [0.29, 0.717) is 39.1 Å². The molecule has 2 aliphatic rings. The first-order valence-corrected chi connectivity index (χ1v) is 7.80. The van der Waals surface area contributed by atoms with Crippen LogP contribution in [0.3, 0.4) is 0 Å². The first-order chi connectivity index (χ1) is 10.7. The lowest BCUT2D eigenvalue weighted by atomic mass is 9.79. The quantitative estimate of drug-likeness (QED) is 0.903. The highest BCUT2D eigenvalue weighted by Crippen LogP contribution is 2.36. The van der Waals surface area contributed by atoms with E-state index in [1.807, 2.05) is 29.2 Å². The number of carbonyl (C=O) groups excluding carboxylic acids is 1. The van der Waals surface area contributed by atoms with E-state index in [1.165, 1.54) is 0 Å². The smallest absolute Gasteiger partial charge is 0.237 e. The van der Waals surface area contributed by atoms with Crippen LogP contribution >= 0.6 is 12.4 Å². The molecular formula is C16H21ClN4O2. The van der Waals surface area contributed by atoms with Crippen LogP contribution in [0.15, 0.2) is 24.3 Å². The van der Waals surface area contributed by atoms with Crippen LogP contribution in [0.5, 0.6) is 0 Å². The molecule has 3 heterocycles. The van der Waals surface area contributed by atoms with E-state index in [4.69, 9.17) is 10.5 Å². The topological polar surface area (TPSA) is 73.4 Å². The van der Waals surface area contributed by atoms with Gasteiger partial charge in [-0.3, -0.25) is 9.69 Å². The SMILES string of the molecule is Cl.NCC1(C(=O)N2CCn3c2nc2ccccc23)CCOCC1. The van der Waals surface area contributed by atoms with Crippen LogP contribution in [0, 0.1) is 5.41 Å². The van der Waals surface area contributed by atoms with E-state index in [-0.39, 0.29) is 18.3 Å². The van der Waals surface area contributed by atoms with E-state index in [1.54, 1.807) is 0 Å². The number of hydrogen-bond donors (Lipinski definition) is 1. The Balaban J connectivity index is 0.00000156. The minimum atomic E-state index is -0.494. The Kier molecular flexibility index (Phi) is 4.31. The lowest BCUT2D eigenvalue weighted by Gasteiger charge is -2.36. The van der Waals surface area contributed by atoms with Crippen LogP contribution in [0.2, 0.25) is 0 Å². The van der Waals surface area contributed by atoms with Gasteiger partial charge in [0.2, 0.25) is 11.9 Å². The highest BCUT2D eigenvalue weighted by molar-refractivity contribution is 5.98. The highest BCUT2D eigenvalue weighted by atomic mass is 35.5. The van der Waals surface area contributed by atoms with Gasteiger partial charge in [-0.25, -0.2) is 4.98 Å². The molecule has 1 saturated heterocycles. The van der Waals surface area contributed by atoms with Crippen molar-refractivity contribution >= 4 is 35.3 Å². The van der Waals surface area contributed by atoms with E-state index < -0.39 is 5.41 Å². The maximum atomic E-state index is 13.1. The van der Waals surface area contributed by atoms with Gasteiger partial charge in [-0.15, -0.1) is 12.4 Å². The molecule has 1 amide bonds. The Bertz CT molecular complexity index is 724. The number of fused-ring (bicyclic) bond motifs is 3. The number of halogens is 1. The molecule has 0 atom stereocenters. The number of anilines is 1. The Hall–Kier alpha value is -1.63. The van der Waals surface area contributed by atoms with E-state index >= 15 is 0 Å². The number of amides is 1. The zero-order chi connectivity index (χ0) is 15.2. The van der Waals surface area contributed by atoms with Gasteiger partial charge in [0, 0.05) is 32.8 Å². The normalized spacial score (nSPS) is 19.4. The first-order valence-electron chi connectivity index (χ1n) is 7.80. The number of ether oxygens (including phenoxy) is 1. The molecule has 4 rings (SSSR count). The van der Waals surface area contributed by atoms with Crippen molar-refractivity contribution in [2.45, 2.75) is 19.4 Å². The zero-order valence-electron chi connectivity index (χ0n) is 12.9. The fourth-order valence-electron chi connectivity index (χ4n) is 3.54. The molecule has 6 nitrogen and oxygen atoms in total. The van der Waals surface area contributed by atoms with Crippen LogP contribution in [0.1, 0.15) is 12.8 Å². The Morgan fingerprint density at radius 3 is 2.74 bits per heavy atom. The van der Waals surface area contributed by atoms with Crippen molar-refractivity contribution in [2.24, 2.45) is 11.1 Å². The zero-order valence-corrected chi connectivity index (χ0v) is 13.7. The van der Waals surface area contributed by atoms with Crippen molar-refractivity contribution in [3.05, 3.63) is 24.3 Å². The van der Waals surface area contributed by atoms with Crippen LogP contribution in [-0.2, 0) is 16.1 Å². The number of carbonyl (C=O) groups is 1. The number of imidazole rings is 1. The average Bonchev–Trinajstić information content (AvgIpc) is 3.13. The Morgan fingerprint density at radius 1 is 1.26 bits per heavy atom. The molecule has 0 saturated carbocycles. The molecule has 23 heavy (non-hydrogen) atoms. The highest BCUT2D eigenvalue weighted by Gasteiger charge is 2.44. The second-order valence-electron chi connectivity index (χ2n) is 6.11. The molecule has 2 aliphatic heterocycles. The number of rotatable bonds is 2. The standard InChI is InChI=1S/C16H20N4O2.ClH/c17-11-16(5-9-22-10-6-16)14(21)20-8-7-19-13-4-2-1-3-12(13)18-15(19)20;/h1-4H,5-11,17H2;1H. The molecule has 1 fully saturated rings. The first kappa shape index (κ1) is 16.2. The molecule has 1 aromatic carbocycles. The number of benzene rings is 1. The maximum Gasteiger partial charge on any atom is 0.237 e. The van der Waals surface area contributed by atoms with Gasteiger partial charge in [0.15, 0.2) is 0 Å². The summed E-state index contributed by atoms with van der Waals surface area (Å²) in [5.41, 5.74) is 7.50. The number of nitrogens with two attached hydrogens (primary N) is 1. The van der Waals surface area contributed by atoms with Crippen LogP contribution in [0.25, 0.3) is 11.0 Å². The van der Waals surface area contributed by atoms with Gasteiger partial charge in [0.05, 0.1) is 16.4 Å². The van der Waals surface area contributed by atoms with Crippen molar-refractivity contribution in [1.82, 2.24) is 9.55 Å². The summed E-state index contributed by atoms with van der Waals surface area (Å²) in [7, 11) is 0. The van der Waals surface area contributed by atoms with Gasteiger partial charge in [-0.2, -0.15) is 0 Å². The summed E-state index contributed by atoms with van der Waals surface area (Å²) in [5, 5.41) is 0. The summed E-state index contributed by atoms with van der Waals surface area (Å²) in [6.07, 6.45) is 1.39. The predicted molar refractivity (Wildman–Crippen MR) is 90.9 cm³/mol. The second kappa shape index (κ2) is 6.11. The Morgan fingerprint density at radius 2 is 2.00 bits per heavy atom. The fraction of sp³-hybridized carbons (Fsp3) is 0.500. The van der Waals surface area contributed by atoms with Crippen molar-refractivity contribution < 1.29 is 9.53 Å². The molecule has 2 aromatic rings. The lowest BCUT2D eigenvalue weighted by Crippen LogP contribution is -2.50. The Labute approximate surface area is 141 Å². The van der Waals surface area contributed by atoms with Gasteiger partial charge < -0.3 is 15.0 Å². The van der Waals surface area contributed by atoms with Crippen molar-refractivity contribution in [2.75, 3.05) is 31.2 Å². The molecule has 0 radical (unpaired) electrons. The molecular weight excluding hydrogens is 316 g/mol. The number of hydrogen-bond acceptors (Lipinski definition) is 4. The van der Waals surface area contributed by atoms with Crippen molar-refractivity contribution in [3.8, 4) is 0 Å². The molecule has 0 aliphatic carbocycles. The number of aromatic nitrogens is 2. The predicted octanol–water partition coefficient (Wildman–Crippen LogP) is 1.56. The van der Waals surface area contributed by atoms with Gasteiger partial charge in [-0.05, 0) is 25.0 Å². The largest absolute Gasteiger partial charge is 0.381 e. The fourth-order valence-corrected chi connectivity index (χ4v) is 3.54. The summed E-state index contributed by atoms with van der Waals surface area (Å²) in [4.78, 5) is 19.6. The van der Waals surface area contributed by atoms with E-state index in [0.717, 1.165) is 23.5 Å². The molecule has 0 bridgehead atoms. The molecule has 0 spiro atoms. The van der Waals surface area contributed by atoms with Crippen molar-refractivity contribution in [3.63, 3.8) is 0 Å².